The highest BCUT2D eigenvalue weighted by Gasteiger charge is 2.48. The molecular weight excluding hydrogens is 306 g/mol. The average molecular weight is 331 g/mol. The number of hydrogen-bond acceptors (Lipinski definition) is 3. The van der Waals surface area contributed by atoms with Gasteiger partial charge >= 0.3 is 5.97 Å². The highest BCUT2D eigenvalue weighted by atomic mass is 16.5. The summed E-state index contributed by atoms with van der Waals surface area (Å²) in [7, 11) is 0. The van der Waals surface area contributed by atoms with Crippen LogP contribution < -0.4 is 0 Å². The first-order valence-corrected chi connectivity index (χ1v) is 8.62. The lowest BCUT2D eigenvalue weighted by molar-refractivity contribution is -0.143. The van der Waals surface area contributed by atoms with E-state index in [0.717, 1.165) is 11.1 Å². The molecule has 3 rings (SSSR count). The Labute approximate surface area is 142 Å². The van der Waals surface area contributed by atoms with Gasteiger partial charge in [-0.15, -0.1) is 0 Å². The summed E-state index contributed by atoms with van der Waals surface area (Å²) >= 11 is 0. The molecule has 2 fully saturated rings. The second kappa shape index (κ2) is 6.55. The van der Waals surface area contributed by atoms with Gasteiger partial charge in [0.2, 0.25) is 5.91 Å². The molecule has 2 heterocycles. The van der Waals surface area contributed by atoms with Gasteiger partial charge in [0.25, 0.3) is 0 Å². The van der Waals surface area contributed by atoms with Crippen molar-refractivity contribution in [3.63, 3.8) is 0 Å². The normalized spacial score (nSPS) is 26.3. The molecule has 0 bridgehead atoms. The van der Waals surface area contributed by atoms with Crippen molar-refractivity contribution in [2.24, 2.45) is 11.8 Å². The predicted octanol–water partition coefficient (Wildman–Crippen LogP) is 2.22. The first-order valence-electron chi connectivity index (χ1n) is 8.62. The number of benzene rings is 1. The molecular formula is C19H25NO4. The molecule has 0 spiro atoms. The summed E-state index contributed by atoms with van der Waals surface area (Å²) in [4.78, 5) is 26.6. The summed E-state index contributed by atoms with van der Waals surface area (Å²) in [5, 5.41) is 9.36. The van der Waals surface area contributed by atoms with Crippen LogP contribution in [0.1, 0.15) is 30.9 Å². The van der Waals surface area contributed by atoms with Gasteiger partial charge in [-0.1, -0.05) is 31.2 Å². The number of aryl methyl sites for hydroxylation is 1. The van der Waals surface area contributed by atoms with Crippen molar-refractivity contribution in [1.29, 1.82) is 0 Å². The average Bonchev–Trinajstić information content (AvgIpc) is 2.97. The van der Waals surface area contributed by atoms with E-state index < -0.39 is 17.3 Å². The van der Waals surface area contributed by atoms with E-state index in [-0.39, 0.29) is 11.8 Å². The number of nitrogens with zero attached hydrogens (tertiary/aromatic N) is 1. The van der Waals surface area contributed by atoms with Crippen molar-refractivity contribution < 1.29 is 19.4 Å². The molecule has 1 amide bonds. The maximum absolute atomic E-state index is 13.5. The molecule has 2 aliphatic heterocycles. The van der Waals surface area contributed by atoms with Gasteiger partial charge in [0.05, 0.1) is 11.3 Å². The summed E-state index contributed by atoms with van der Waals surface area (Å²) in [6.45, 7) is 5.90. The number of carbonyl (C=O) groups is 2. The highest BCUT2D eigenvalue weighted by Crippen LogP contribution is 2.40. The first kappa shape index (κ1) is 17.0. The van der Waals surface area contributed by atoms with Crippen molar-refractivity contribution in [1.82, 2.24) is 4.90 Å². The van der Waals surface area contributed by atoms with E-state index in [1.165, 1.54) is 0 Å². The van der Waals surface area contributed by atoms with Gasteiger partial charge in [-0.2, -0.15) is 0 Å². The quantitative estimate of drug-likeness (QED) is 0.922. The van der Waals surface area contributed by atoms with Crippen molar-refractivity contribution >= 4 is 11.9 Å². The Morgan fingerprint density at radius 2 is 1.88 bits per heavy atom. The number of hydrogen-bond donors (Lipinski definition) is 1. The molecule has 0 aliphatic carbocycles. The van der Waals surface area contributed by atoms with Gasteiger partial charge < -0.3 is 14.7 Å². The maximum atomic E-state index is 13.5. The minimum atomic E-state index is -0.810. The van der Waals surface area contributed by atoms with Crippen molar-refractivity contribution in [3.05, 3.63) is 35.4 Å². The zero-order chi connectivity index (χ0) is 17.3. The van der Waals surface area contributed by atoms with Crippen LogP contribution >= 0.6 is 0 Å². The van der Waals surface area contributed by atoms with Crippen LogP contribution in [0.5, 0.6) is 0 Å². The summed E-state index contributed by atoms with van der Waals surface area (Å²) in [6.07, 6.45) is 1.30. The Bertz CT molecular complexity index is 636. The Hall–Kier alpha value is -1.88. The fourth-order valence-electron chi connectivity index (χ4n) is 4.18. The minimum absolute atomic E-state index is 0.0137. The van der Waals surface area contributed by atoms with Gasteiger partial charge in [0.1, 0.15) is 0 Å². The Balaban J connectivity index is 1.94. The number of carboxylic acid groups (broad SMARTS) is 1. The van der Waals surface area contributed by atoms with Crippen molar-refractivity contribution in [2.75, 3.05) is 26.3 Å². The van der Waals surface area contributed by atoms with E-state index in [0.29, 0.717) is 39.1 Å². The molecule has 1 N–H and O–H groups in total. The van der Waals surface area contributed by atoms with E-state index >= 15 is 0 Å². The third-order valence-corrected chi connectivity index (χ3v) is 5.63. The molecule has 2 aliphatic rings. The summed E-state index contributed by atoms with van der Waals surface area (Å²) in [5.41, 5.74) is 1.58. The first-order chi connectivity index (χ1) is 11.5. The molecule has 5 heteroatoms. The van der Waals surface area contributed by atoms with Crippen LogP contribution in [0.4, 0.5) is 0 Å². The van der Waals surface area contributed by atoms with Gasteiger partial charge in [0, 0.05) is 26.3 Å². The lowest BCUT2D eigenvalue weighted by Crippen LogP contribution is -2.49. The topological polar surface area (TPSA) is 66.8 Å². The number of rotatable bonds is 3. The SMILES string of the molecule is Cc1ccccc1C1(C(=O)N2C[C@@H](C)[C@H](C(=O)O)C2)CCOCC1. The van der Waals surface area contributed by atoms with E-state index in [1.807, 2.05) is 38.1 Å². The maximum Gasteiger partial charge on any atom is 0.308 e. The van der Waals surface area contributed by atoms with Crippen LogP contribution in [-0.2, 0) is 19.7 Å². The molecule has 24 heavy (non-hydrogen) atoms. The van der Waals surface area contributed by atoms with Crippen LogP contribution in [0.3, 0.4) is 0 Å². The molecule has 0 unspecified atom stereocenters. The number of carboxylic acids is 1. The summed E-state index contributed by atoms with van der Waals surface area (Å²) < 4.78 is 5.51. The zero-order valence-corrected chi connectivity index (χ0v) is 14.3. The van der Waals surface area contributed by atoms with Gasteiger partial charge in [-0.3, -0.25) is 9.59 Å². The zero-order valence-electron chi connectivity index (χ0n) is 14.3. The number of aliphatic carboxylic acids is 1. The lowest BCUT2D eigenvalue weighted by atomic mass is 9.71. The largest absolute Gasteiger partial charge is 0.481 e. The standard InChI is InChI=1S/C19H25NO4/c1-13-5-3-4-6-16(13)19(7-9-24-10-8-19)18(23)20-11-14(2)15(12-20)17(21)22/h3-6,14-15H,7-12H2,1-2H3,(H,21,22)/t14-,15-/m1/s1. The van der Waals surface area contributed by atoms with E-state index in [4.69, 9.17) is 4.74 Å². The smallest absolute Gasteiger partial charge is 0.308 e. The van der Waals surface area contributed by atoms with Gasteiger partial charge in [-0.25, -0.2) is 0 Å². The fourth-order valence-corrected chi connectivity index (χ4v) is 4.18. The molecule has 1 aromatic carbocycles. The molecule has 2 atom stereocenters. The molecule has 0 saturated carbocycles. The minimum Gasteiger partial charge on any atom is -0.481 e. The molecule has 130 valence electrons. The second-order valence-electron chi connectivity index (χ2n) is 7.14. The van der Waals surface area contributed by atoms with E-state index in [1.54, 1.807) is 4.90 Å². The monoisotopic (exact) mass is 331 g/mol. The van der Waals surface area contributed by atoms with Crippen molar-refractivity contribution in [3.8, 4) is 0 Å². The molecule has 0 radical (unpaired) electrons. The fraction of sp³-hybridized carbons (Fsp3) is 0.579. The van der Waals surface area contributed by atoms with Crippen LogP contribution in [0.15, 0.2) is 24.3 Å². The summed E-state index contributed by atoms with van der Waals surface area (Å²) in [6, 6.07) is 8.02. The highest BCUT2D eigenvalue weighted by molar-refractivity contribution is 5.89. The Morgan fingerprint density at radius 3 is 2.46 bits per heavy atom. The lowest BCUT2D eigenvalue weighted by Gasteiger charge is -2.40. The Kier molecular flexibility index (Phi) is 4.63. The number of carbonyl (C=O) groups excluding carboxylic acids is 1. The number of amides is 1. The van der Waals surface area contributed by atoms with Gasteiger partial charge in [-0.05, 0) is 36.8 Å². The van der Waals surface area contributed by atoms with Crippen LogP contribution in [0, 0.1) is 18.8 Å². The number of ether oxygens (including phenoxy) is 1. The second-order valence-corrected chi connectivity index (χ2v) is 7.14. The van der Waals surface area contributed by atoms with Crippen LogP contribution in [-0.4, -0.2) is 48.2 Å². The van der Waals surface area contributed by atoms with Crippen LogP contribution in [0.2, 0.25) is 0 Å². The third-order valence-electron chi connectivity index (χ3n) is 5.63. The van der Waals surface area contributed by atoms with E-state index in [2.05, 4.69) is 0 Å². The van der Waals surface area contributed by atoms with Crippen molar-refractivity contribution in [2.45, 2.75) is 32.1 Å². The van der Waals surface area contributed by atoms with E-state index in [9.17, 15) is 14.7 Å². The summed E-state index contributed by atoms with van der Waals surface area (Å²) in [5.74, 6) is -1.23. The van der Waals surface area contributed by atoms with Crippen LogP contribution in [0.25, 0.3) is 0 Å². The third kappa shape index (κ3) is 2.81. The Morgan fingerprint density at radius 1 is 1.21 bits per heavy atom. The molecule has 5 nitrogen and oxygen atoms in total. The molecule has 0 aromatic heterocycles. The molecule has 1 aromatic rings. The predicted molar refractivity (Wildman–Crippen MR) is 89.8 cm³/mol. The number of likely N-dealkylation sites (tertiary alicyclic amines) is 1. The van der Waals surface area contributed by atoms with Gasteiger partial charge in [0.15, 0.2) is 0 Å². The molecule has 2 saturated heterocycles.